The van der Waals surface area contributed by atoms with Gasteiger partial charge >= 0.3 is 0 Å². The molecule has 2 N–H and O–H groups in total. The van der Waals surface area contributed by atoms with Crippen LogP contribution in [-0.2, 0) is 9.59 Å². The van der Waals surface area contributed by atoms with E-state index in [2.05, 4.69) is 10.6 Å². The van der Waals surface area contributed by atoms with Gasteiger partial charge in [0.15, 0.2) is 0 Å². The number of rotatable bonds is 5. The Labute approximate surface area is 157 Å². The van der Waals surface area contributed by atoms with E-state index in [4.69, 9.17) is 16.3 Å². The lowest BCUT2D eigenvalue weighted by atomic mass is 10.0. The van der Waals surface area contributed by atoms with Crippen LogP contribution < -0.4 is 15.4 Å². The van der Waals surface area contributed by atoms with Gasteiger partial charge in [0.05, 0.1) is 12.8 Å². The molecule has 26 heavy (non-hydrogen) atoms. The molecule has 0 aliphatic heterocycles. The van der Waals surface area contributed by atoms with Gasteiger partial charge in [0.1, 0.15) is 11.2 Å². The van der Waals surface area contributed by atoms with Crippen molar-refractivity contribution in [3.63, 3.8) is 0 Å². The number of amides is 2. The van der Waals surface area contributed by atoms with Crippen LogP contribution in [0, 0.1) is 19.3 Å². The molecule has 5 nitrogen and oxygen atoms in total. The molecular formula is C20H21ClN2O3. The standard InChI is InChI=1S/C20H21ClN2O3/c1-12-4-6-15(13(2)10-12)22-18(24)20(8-9-20)19(25)23-16-11-14(21)5-7-17(16)26-3/h4-7,10-11H,8-9H2,1-3H3,(H,22,24)(H,23,25). The first kappa shape index (κ1) is 18.3. The maximum atomic E-state index is 12.8. The first-order valence-corrected chi connectivity index (χ1v) is 8.77. The molecule has 1 fully saturated rings. The smallest absolute Gasteiger partial charge is 0.240 e. The van der Waals surface area contributed by atoms with Crippen molar-refractivity contribution in [2.75, 3.05) is 17.7 Å². The third-order valence-corrected chi connectivity index (χ3v) is 4.89. The van der Waals surface area contributed by atoms with Gasteiger partial charge in [0, 0.05) is 10.7 Å². The van der Waals surface area contributed by atoms with Crippen molar-refractivity contribution in [3.8, 4) is 5.75 Å². The molecule has 3 rings (SSSR count). The monoisotopic (exact) mass is 372 g/mol. The van der Waals surface area contributed by atoms with Crippen LogP contribution in [0.15, 0.2) is 36.4 Å². The molecule has 2 amide bonds. The normalized spacial score (nSPS) is 14.5. The molecule has 2 aromatic rings. The molecule has 0 atom stereocenters. The zero-order chi connectivity index (χ0) is 18.9. The predicted molar refractivity (Wildman–Crippen MR) is 103 cm³/mol. The largest absolute Gasteiger partial charge is 0.495 e. The molecule has 2 aromatic carbocycles. The quantitative estimate of drug-likeness (QED) is 0.768. The lowest BCUT2D eigenvalue weighted by molar-refractivity contribution is -0.131. The molecular weight excluding hydrogens is 352 g/mol. The van der Waals surface area contributed by atoms with Gasteiger partial charge in [0.25, 0.3) is 0 Å². The second-order valence-corrected chi connectivity index (χ2v) is 7.09. The highest BCUT2D eigenvalue weighted by molar-refractivity contribution is 6.31. The highest BCUT2D eigenvalue weighted by Gasteiger charge is 2.56. The topological polar surface area (TPSA) is 67.4 Å². The zero-order valence-corrected chi connectivity index (χ0v) is 15.7. The van der Waals surface area contributed by atoms with Crippen molar-refractivity contribution in [2.24, 2.45) is 5.41 Å². The molecule has 0 saturated heterocycles. The van der Waals surface area contributed by atoms with E-state index in [-0.39, 0.29) is 11.8 Å². The van der Waals surface area contributed by atoms with E-state index in [0.29, 0.717) is 29.3 Å². The molecule has 0 bridgehead atoms. The number of benzene rings is 2. The van der Waals surface area contributed by atoms with Crippen molar-refractivity contribution >= 4 is 34.8 Å². The van der Waals surface area contributed by atoms with E-state index < -0.39 is 5.41 Å². The Hall–Kier alpha value is -2.53. The number of aryl methyl sites for hydroxylation is 2. The van der Waals surface area contributed by atoms with Crippen molar-refractivity contribution in [2.45, 2.75) is 26.7 Å². The minimum Gasteiger partial charge on any atom is -0.495 e. The molecule has 0 aromatic heterocycles. The summed E-state index contributed by atoms with van der Waals surface area (Å²) in [5, 5.41) is 6.15. The van der Waals surface area contributed by atoms with Gasteiger partial charge in [-0.3, -0.25) is 9.59 Å². The van der Waals surface area contributed by atoms with Crippen molar-refractivity contribution in [1.82, 2.24) is 0 Å². The van der Waals surface area contributed by atoms with Crippen LogP contribution in [0.4, 0.5) is 11.4 Å². The number of hydrogen-bond donors (Lipinski definition) is 2. The van der Waals surface area contributed by atoms with E-state index >= 15 is 0 Å². The number of methoxy groups -OCH3 is 1. The fourth-order valence-corrected chi connectivity index (χ4v) is 3.07. The Balaban J connectivity index is 1.77. The van der Waals surface area contributed by atoms with E-state index in [1.165, 1.54) is 7.11 Å². The van der Waals surface area contributed by atoms with Gasteiger partial charge in [-0.15, -0.1) is 0 Å². The van der Waals surface area contributed by atoms with E-state index in [9.17, 15) is 9.59 Å². The number of carbonyl (C=O) groups is 2. The molecule has 0 radical (unpaired) electrons. The summed E-state index contributed by atoms with van der Waals surface area (Å²) in [4.78, 5) is 25.5. The van der Waals surface area contributed by atoms with Crippen LogP contribution in [0.3, 0.4) is 0 Å². The van der Waals surface area contributed by atoms with Crippen LogP contribution in [0.25, 0.3) is 0 Å². The minimum absolute atomic E-state index is 0.289. The van der Waals surface area contributed by atoms with Gasteiger partial charge in [0.2, 0.25) is 11.8 Å². The van der Waals surface area contributed by atoms with Gasteiger partial charge in [-0.2, -0.15) is 0 Å². The highest BCUT2D eigenvalue weighted by Crippen LogP contribution is 2.48. The fraction of sp³-hybridized carbons (Fsp3) is 0.300. The molecule has 0 unspecified atom stereocenters. The van der Waals surface area contributed by atoms with Crippen LogP contribution in [-0.4, -0.2) is 18.9 Å². The summed E-state index contributed by atoms with van der Waals surface area (Å²) in [7, 11) is 1.51. The van der Waals surface area contributed by atoms with Crippen molar-refractivity contribution in [3.05, 3.63) is 52.5 Å². The fourth-order valence-electron chi connectivity index (χ4n) is 2.90. The summed E-state index contributed by atoms with van der Waals surface area (Å²) in [5.74, 6) is -0.142. The summed E-state index contributed by atoms with van der Waals surface area (Å²) in [6.45, 7) is 3.92. The molecule has 0 heterocycles. The van der Waals surface area contributed by atoms with Gasteiger partial charge in [-0.1, -0.05) is 29.3 Å². The Morgan fingerprint density at radius 2 is 1.65 bits per heavy atom. The Kier molecular flexibility index (Phi) is 4.92. The molecule has 1 aliphatic carbocycles. The third kappa shape index (κ3) is 3.53. The van der Waals surface area contributed by atoms with Gasteiger partial charge in [-0.25, -0.2) is 0 Å². The van der Waals surface area contributed by atoms with E-state index in [0.717, 1.165) is 16.8 Å². The second-order valence-electron chi connectivity index (χ2n) is 6.65. The average molecular weight is 373 g/mol. The average Bonchev–Trinajstić information content (AvgIpc) is 3.39. The lowest BCUT2D eigenvalue weighted by Gasteiger charge is -2.18. The first-order chi connectivity index (χ1) is 12.4. The number of anilines is 2. The third-order valence-electron chi connectivity index (χ3n) is 4.66. The second kappa shape index (κ2) is 7.00. The maximum Gasteiger partial charge on any atom is 0.240 e. The van der Waals surface area contributed by atoms with Crippen molar-refractivity contribution < 1.29 is 14.3 Å². The number of nitrogens with one attached hydrogen (secondary N) is 2. The lowest BCUT2D eigenvalue weighted by Crippen LogP contribution is -2.35. The Bertz CT molecular complexity index is 875. The Morgan fingerprint density at radius 1 is 1.00 bits per heavy atom. The van der Waals surface area contributed by atoms with Crippen LogP contribution in [0.2, 0.25) is 5.02 Å². The van der Waals surface area contributed by atoms with E-state index in [1.807, 2.05) is 32.0 Å². The molecule has 1 saturated carbocycles. The minimum atomic E-state index is -1.05. The SMILES string of the molecule is COc1ccc(Cl)cc1NC(=O)C1(C(=O)Nc2ccc(C)cc2C)CC1. The zero-order valence-electron chi connectivity index (χ0n) is 15.0. The summed E-state index contributed by atoms with van der Waals surface area (Å²) < 4.78 is 5.24. The number of halogens is 1. The summed E-state index contributed by atoms with van der Waals surface area (Å²) in [6.07, 6.45) is 1.02. The number of carbonyl (C=O) groups excluding carboxylic acids is 2. The van der Waals surface area contributed by atoms with Crippen LogP contribution in [0.5, 0.6) is 5.75 Å². The van der Waals surface area contributed by atoms with Crippen LogP contribution in [0.1, 0.15) is 24.0 Å². The van der Waals surface area contributed by atoms with Crippen LogP contribution >= 0.6 is 11.6 Å². The molecule has 1 aliphatic rings. The number of hydrogen-bond acceptors (Lipinski definition) is 3. The number of ether oxygens (including phenoxy) is 1. The first-order valence-electron chi connectivity index (χ1n) is 8.39. The molecule has 6 heteroatoms. The summed E-state index contributed by atoms with van der Waals surface area (Å²) in [5.41, 5.74) is 2.21. The predicted octanol–water partition coefficient (Wildman–Crippen LogP) is 4.32. The Morgan fingerprint density at radius 3 is 2.23 bits per heavy atom. The molecule has 0 spiro atoms. The summed E-state index contributed by atoms with van der Waals surface area (Å²) >= 11 is 6.00. The van der Waals surface area contributed by atoms with Crippen molar-refractivity contribution in [1.29, 1.82) is 0 Å². The van der Waals surface area contributed by atoms with Gasteiger partial charge < -0.3 is 15.4 Å². The van der Waals surface area contributed by atoms with E-state index in [1.54, 1.807) is 18.2 Å². The summed E-state index contributed by atoms with van der Waals surface area (Å²) in [6, 6.07) is 10.7. The maximum absolute atomic E-state index is 12.8. The highest BCUT2D eigenvalue weighted by atomic mass is 35.5. The molecule has 136 valence electrons. The van der Waals surface area contributed by atoms with Gasteiger partial charge in [-0.05, 0) is 56.5 Å².